The van der Waals surface area contributed by atoms with Crippen molar-refractivity contribution in [2.75, 3.05) is 0 Å². The summed E-state index contributed by atoms with van der Waals surface area (Å²) in [6.45, 7) is 4.74. The van der Waals surface area contributed by atoms with Crippen molar-refractivity contribution < 1.29 is 27.9 Å². The number of hydrogen-bond donors (Lipinski definition) is 1. The van der Waals surface area contributed by atoms with Crippen LogP contribution in [0.2, 0.25) is 0 Å². The Morgan fingerprint density at radius 2 is 2.00 bits per heavy atom. The fourth-order valence-corrected chi connectivity index (χ4v) is 2.47. The zero-order valence-electron chi connectivity index (χ0n) is 15.0. The molecule has 1 aliphatic rings. The predicted octanol–water partition coefficient (Wildman–Crippen LogP) is 3.15. The number of aryl methyl sites for hydroxylation is 1. The molecular formula is C17H24F3N3O3. The number of imidazole rings is 1. The van der Waals surface area contributed by atoms with Crippen LogP contribution in [0.3, 0.4) is 0 Å². The van der Waals surface area contributed by atoms with Gasteiger partial charge in [-0.05, 0) is 33.1 Å². The molecular weight excluding hydrogens is 351 g/mol. The van der Waals surface area contributed by atoms with Crippen molar-refractivity contribution in [2.45, 2.75) is 51.9 Å². The van der Waals surface area contributed by atoms with Crippen LogP contribution in [0.1, 0.15) is 38.9 Å². The maximum Gasteiger partial charge on any atom is 0.490 e. The van der Waals surface area contributed by atoms with Crippen LogP contribution in [-0.2, 0) is 23.2 Å². The Kier molecular flexibility index (Phi) is 7.85. The predicted molar refractivity (Wildman–Crippen MR) is 89.1 cm³/mol. The summed E-state index contributed by atoms with van der Waals surface area (Å²) in [7, 11) is 1.97. The monoisotopic (exact) mass is 375 g/mol. The molecule has 1 aromatic rings. The number of carboxylic acid groups (broad SMARTS) is 1. The molecule has 0 bridgehead atoms. The number of rotatable bonds is 4. The summed E-state index contributed by atoms with van der Waals surface area (Å²) in [5, 5.41) is 7.12. The molecule has 2 rings (SSSR count). The number of halogens is 3. The maximum absolute atomic E-state index is 12.6. The van der Waals surface area contributed by atoms with Gasteiger partial charge in [-0.3, -0.25) is 4.79 Å². The van der Waals surface area contributed by atoms with Gasteiger partial charge in [-0.1, -0.05) is 12.2 Å². The van der Waals surface area contributed by atoms with Crippen LogP contribution in [0.4, 0.5) is 13.2 Å². The highest BCUT2D eigenvalue weighted by molar-refractivity contribution is 5.79. The summed E-state index contributed by atoms with van der Waals surface area (Å²) in [6, 6.07) is 0.204. The highest BCUT2D eigenvalue weighted by Gasteiger charge is 2.38. The second-order valence-electron chi connectivity index (χ2n) is 6.30. The maximum atomic E-state index is 12.6. The van der Waals surface area contributed by atoms with Gasteiger partial charge >= 0.3 is 12.1 Å². The third-order valence-electron chi connectivity index (χ3n) is 4.00. The Bertz CT molecular complexity index is 639. The minimum Gasteiger partial charge on any atom is -0.475 e. The highest BCUT2D eigenvalue weighted by Crippen LogP contribution is 2.22. The third kappa shape index (κ3) is 6.53. The SMILES string of the molecule is CC(C)N(Cc1nccn1C)C(=O)C1CC=CCC1.O=C(O)C(F)(F)F. The molecule has 1 unspecified atom stereocenters. The Morgan fingerprint density at radius 1 is 1.38 bits per heavy atom. The highest BCUT2D eigenvalue weighted by atomic mass is 19.4. The molecule has 1 aliphatic carbocycles. The molecule has 0 spiro atoms. The van der Waals surface area contributed by atoms with Crippen molar-refractivity contribution in [3.8, 4) is 0 Å². The normalized spacial score (nSPS) is 16.8. The van der Waals surface area contributed by atoms with Crippen LogP contribution in [0.5, 0.6) is 0 Å². The van der Waals surface area contributed by atoms with E-state index in [0.717, 1.165) is 25.1 Å². The molecule has 0 aromatic carbocycles. The molecule has 1 amide bonds. The van der Waals surface area contributed by atoms with E-state index in [0.29, 0.717) is 6.54 Å². The van der Waals surface area contributed by atoms with Crippen molar-refractivity contribution >= 4 is 11.9 Å². The van der Waals surface area contributed by atoms with Crippen LogP contribution < -0.4 is 0 Å². The molecule has 1 aromatic heterocycles. The molecule has 1 atom stereocenters. The Labute approximate surface area is 150 Å². The lowest BCUT2D eigenvalue weighted by Gasteiger charge is -2.31. The van der Waals surface area contributed by atoms with E-state index in [4.69, 9.17) is 9.90 Å². The summed E-state index contributed by atoms with van der Waals surface area (Å²) in [5.74, 6) is -1.41. The lowest BCUT2D eigenvalue weighted by atomic mass is 9.92. The molecule has 9 heteroatoms. The zero-order chi connectivity index (χ0) is 19.9. The minimum absolute atomic E-state index is 0.146. The number of carboxylic acids is 1. The van der Waals surface area contributed by atoms with E-state index in [-0.39, 0.29) is 17.9 Å². The van der Waals surface area contributed by atoms with Crippen LogP contribution in [0.15, 0.2) is 24.5 Å². The largest absolute Gasteiger partial charge is 0.490 e. The van der Waals surface area contributed by atoms with Crippen LogP contribution in [0.25, 0.3) is 0 Å². The Hall–Kier alpha value is -2.32. The minimum atomic E-state index is -5.08. The first-order valence-corrected chi connectivity index (χ1v) is 8.25. The second-order valence-corrected chi connectivity index (χ2v) is 6.30. The number of carbonyl (C=O) groups is 2. The van der Waals surface area contributed by atoms with Crippen LogP contribution >= 0.6 is 0 Å². The zero-order valence-corrected chi connectivity index (χ0v) is 15.0. The van der Waals surface area contributed by atoms with Gasteiger partial charge in [0.15, 0.2) is 0 Å². The first kappa shape index (κ1) is 21.7. The molecule has 0 aliphatic heterocycles. The van der Waals surface area contributed by atoms with Crippen molar-refractivity contribution in [3.63, 3.8) is 0 Å². The van der Waals surface area contributed by atoms with Crippen molar-refractivity contribution in [1.82, 2.24) is 14.5 Å². The van der Waals surface area contributed by atoms with Crippen molar-refractivity contribution in [2.24, 2.45) is 13.0 Å². The summed E-state index contributed by atoms with van der Waals surface area (Å²) < 4.78 is 33.7. The average Bonchev–Trinajstić information content (AvgIpc) is 2.97. The summed E-state index contributed by atoms with van der Waals surface area (Å²) in [4.78, 5) is 27.8. The van der Waals surface area contributed by atoms with Gasteiger partial charge in [0.25, 0.3) is 0 Å². The summed E-state index contributed by atoms with van der Waals surface area (Å²) in [5.41, 5.74) is 0. The molecule has 0 radical (unpaired) electrons. The number of alkyl halides is 3. The molecule has 146 valence electrons. The van der Waals surface area contributed by atoms with E-state index in [1.54, 1.807) is 6.20 Å². The standard InChI is InChI=1S/C15H23N3O.C2HF3O2/c1-12(2)18(11-14-16-9-10-17(14)3)15(19)13-7-5-4-6-8-13;3-2(4,5)1(6)7/h4-5,9-10,12-13H,6-8,11H2,1-3H3;(H,6,7). The van der Waals surface area contributed by atoms with Crippen molar-refractivity contribution in [1.29, 1.82) is 0 Å². The van der Waals surface area contributed by atoms with E-state index >= 15 is 0 Å². The third-order valence-corrected chi connectivity index (χ3v) is 4.00. The van der Waals surface area contributed by atoms with Gasteiger partial charge in [0, 0.05) is 31.4 Å². The van der Waals surface area contributed by atoms with Gasteiger partial charge in [-0.25, -0.2) is 9.78 Å². The number of aromatic nitrogens is 2. The fourth-order valence-electron chi connectivity index (χ4n) is 2.47. The first-order valence-electron chi connectivity index (χ1n) is 8.25. The van der Waals surface area contributed by atoms with Gasteiger partial charge in [-0.2, -0.15) is 13.2 Å². The van der Waals surface area contributed by atoms with Crippen molar-refractivity contribution in [3.05, 3.63) is 30.4 Å². The van der Waals surface area contributed by atoms with E-state index in [1.165, 1.54) is 0 Å². The molecule has 0 saturated heterocycles. The van der Waals surface area contributed by atoms with E-state index in [9.17, 15) is 18.0 Å². The molecule has 0 saturated carbocycles. The number of allylic oxidation sites excluding steroid dienone is 2. The number of amides is 1. The van der Waals surface area contributed by atoms with Gasteiger partial charge < -0.3 is 14.6 Å². The number of carbonyl (C=O) groups excluding carboxylic acids is 1. The van der Waals surface area contributed by atoms with E-state index in [1.807, 2.05) is 22.7 Å². The van der Waals surface area contributed by atoms with Gasteiger partial charge in [0.2, 0.25) is 5.91 Å². The molecule has 26 heavy (non-hydrogen) atoms. The number of nitrogens with zero attached hydrogens (tertiary/aromatic N) is 3. The number of hydrogen-bond acceptors (Lipinski definition) is 3. The smallest absolute Gasteiger partial charge is 0.475 e. The van der Waals surface area contributed by atoms with Gasteiger partial charge in [-0.15, -0.1) is 0 Å². The van der Waals surface area contributed by atoms with E-state index < -0.39 is 12.1 Å². The van der Waals surface area contributed by atoms with Gasteiger partial charge in [0.1, 0.15) is 5.82 Å². The van der Waals surface area contributed by atoms with Gasteiger partial charge in [0.05, 0.1) is 6.54 Å². The lowest BCUT2D eigenvalue weighted by Crippen LogP contribution is -2.41. The fraction of sp³-hybridized carbons (Fsp3) is 0.588. The quantitative estimate of drug-likeness (QED) is 0.821. The lowest BCUT2D eigenvalue weighted by molar-refractivity contribution is -0.192. The average molecular weight is 375 g/mol. The first-order chi connectivity index (χ1) is 12.0. The molecule has 6 nitrogen and oxygen atoms in total. The van der Waals surface area contributed by atoms with Crippen LogP contribution in [-0.4, -0.2) is 43.7 Å². The Morgan fingerprint density at radius 3 is 2.38 bits per heavy atom. The topological polar surface area (TPSA) is 75.4 Å². The van der Waals surface area contributed by atoms with E-state index in [2.05, 4.69) is 31.0 Å². The summed E-state index contributed by atoms with van der Waals surface area (Å²) >= 11 is 0. The molecule has 0 fully saturated rings. The van der Waals surface area contributed by atoms with Crippen LogP contribution in [0, 0.1) is 5.92 Å². The number of aliphatic carboxylic acids is 1. The molecule has 1 N–H and O–H groups in total. The summed E-state index contributed by atoms with van der Waals surface area (Å²) in [6.07, 6.45) is 5.78. The molecule has 1 heterocycles. The second kappa shape index (κ2) is 9.40. The Balaban J connectivity index is 0.000000412.